The van der Waals surface area contributed by atoms with Gasteiger partial charge in [-0.05, 0) is 5.56 Å². The minimum absolute atomic E-state index is 0.558. The molecule has 0 fully saturated rings. The van der Waals surface area contributed by atoms with E-state index in [1.165, 1.54) is 26.7 Å². The van der Waals surface area contributed by atoms with Crippen LogP contribution in [0.1, 0.15) is 21.1 Å². The van der Waals surface area contributed by atoms with Crippen LogP contribution in [0, 0.1) is 0 Å². The fourth-order valence-corrected chi connectivity index (χ4v) is 3.70. The van der Waals surface area contributed by atoms with Crippen LogP contribution in [-0.2, 0) is 22.4 Å². The maximum Gasteiger partial charge on any atom is 0.328 e. The van der Waals surface area contributed by atoms with E-state index in [2.05, 4.69) is 34.2 Å². The zero-order valence-electron chi connectivity index (χ0n) is 13.5. The Morgan fingerprint density at radius 2 is 1.92 bits per heavy atom. The first-order valence-electron chi connectivity index (χ1n) is 7.71. The number of hydrogen-bond donors (Lipinski definition) is 3. The van der Waals surface area contributed by atoms with Gasteiger partial charge in [-0.25, -0.2) is 19.6 Å². The molecule has 3 N–H and O–H groups in total. The molecule has 0 amide bonds. The van der Waals surface area contributed by atoms with Crippen molar-refractivity contribution in [3.63, 3.8) is 0 Å². The number of hydrogen-bond acceptors (Lipinski definition) is 5. The maximum atomic E-state index is 9.55. The lowest BCUT2D eigenvalue weighted by atomic mass is 10.1. The highest BCUT2D eigenvalue weighted by Crippen LogP contribution is 2.39. The van der Waals surface area contributed by atoms with Crippen LogP contribution in [0.2, 0.25) is 0 Å². The van der Waals surface area contributed by atoms with Crippen molar-refractivity contribution in [3.05, 3.63) is 70.1 Å². The molecule has 0 atom stereocenters. The number of H-pyrrole nitrogens is 1. The third-order valence-electron chi connectivity index (χ3n) is 3.63. The predicted molar refractivity (Wildman–Crippen MR) is 96.2 cm³/mol. The number of carboxylic acids is 2. The predicted octanol–water partition coefficient (Wildman–Crippen LogP) is 2.74. The summed E-state index contributed by atoms with van der Waals surface area (Å²) in [6.07, 6.45) is 6.57. The van der Waals surface area contributed by atoms with Gasteiger partial charge in [-0.1, -0.05) is 24.3 Å². The highest BCUT2D eigenvalue weighted by molar-refractivity contribution is 7.12. The van der Waals surface area contributed by atoms with Crippen LogP contribution < -0.4 is 0 Å². The van der Waals surface area contributed by atoms with Gasteiger partial charge in [-0.15, -0.1) is 11.3 Å². The first-order valence-corrected chi connectivity index (χ1v) is 8.52. The number of imidazole rings is 1. The highest BCUT2D eigenvalue weighted by Gasteiger charge is 2.22. The standard InChI is InChI=1S/C14H11N3S.C4H4O4/c1-2-4-11-9(3-1)5-12-14(11)17-13(18-12)6-10-7-15-8-16-10;5-3(6)1-2-4(7)8/h1-4,7-8H,5-6H2,(H,15,16);1-2H,(H,5,6)(H,7,8). The molecule has 2 aromatic heterocycles. The van der Waals surface area contributed by atoms with Crippen LogP contribution in [0.25, 0.3) is 11.3 Å². The van der Waals surface area contributed by atoms with Crippen molar-refractivity contribution in [2.24, 2.45) is 0 Å². The van der Waals surface area contributed by atoms with Crippen molar-refractivity contribution in [1.82, 2.24) is 15.0 Å². The molecule has 26 heavy (non-hydrogen) atoms. The number of aliphatic carboxylic acids is 2. The van der Waals surface area contributed by atoms with Crippen molar-refractivity contribution in [2.75, 3.05) is 0 Å². The zero-order chi connectivity index (χ0) is 18.5. The molecule has 0 bridgehead atoms. The Kier molecular flexibility index (Phi) is 5.23. The van der Waals surface area contributed by atoms with Crippen LogP contribution in [0.3, 0.4) is 0 Å². The average Bonchev–Trinajstić information content (AvgIpc) is 3.30. The van der Waals surface area contributed by atoms with E-state index in [1.54, 1.807) is 6.33 Å². The second-order valence-corrected chi connectivity index (χ2v) is 6.64. The molecule has 132 valence electrons. The summed E-state index contributed by atoms with van der Waals surface area (Å²) in [4.78, 5) is 32.4. The molecule has 3 aromatic rings. The first-order chi connectivity index (χ1) is 12.5. The lowest BCUT2D eigenvalue weighted by molar-refractivity contribution is -0.134. The topological polar surface area (TPSA) is 116 Å². The molecule has 0 unspecified atom stereocenters. The van der Waals surface area contributed by atoms with E-state index in [0.29, 0.717) is 12.2 Å². The molecule has 4 rings (SSSR count). The van der Waals surface area contributed by atoms with Crippen molar-refractivity contribution in [3.8, 4) is 11.3 Å². The van der Waals surface area contributed by atoms with E-state index in [1.807, 2.05) is 17.5 Å². The van der Waals surface area contributed by atoms with Gasteiger partial charge in [0, 0.05) is 47.3 Å². The molecule has 1 aliphatic carbocycles. The van der Waals surface area contributed by atoms with Crippen molar-refractivity contribution >= 4 is 23.3 Å². The Morgan fingerprint density at radius 3 is 2.58 bits per heavy atom. The van der Waals surface area contributed by atoms with Crippen LogP contribution in [-0.4, -0.2) is 37.1 Å². The number of fused-ring (bicyclic) bond motifs is 3. The Bertz CT molecular complexity index is 945. The number of nitrogens with zero attached hydrogens (tertiary/aromatic N) is 2. The van der Waals surface area contributed by atoms with Gasteiger partial charge in [0.25, 0.3) is 0 Å². The van der Waals surface area contributed by atoms with Crippen LogP contribution in [0.5, 0.6) is 0 Å². The Balaban J connectivity index is 0.000000211. The van der Waals surface area contributed by atoms with E-state index in [0.717, 1.165) is 18.5 Å². The third kappa shape index (κ3) is 4.22. The number of carboxylic acid groups (broad SMARTS) is 2. The van der Waals surface area contributed by atoms with Crippen molar-refractivity contribution < 1.29 is 19.8 Å². The zero-order valence-corrected chi connectivity index (χ0v) is 14.4. The fourth-order valence-electron chi connectivity index (χ4n) is 2.57. The Morgan fingerprint density at radius 1 is 1.19 bits per heavy atom. The van der Waals surface area contributed by atoms with Gasteiger partial charge in [0.05, 0.1) is 17.0 Å². The van der Waals surface area contributed by atoms with Gasteiger partial charge in [0.1, 0.15) is 0 Å². The summed E-state index contributed by atoms with van der Waals surface area (Å²) in [6.45, 7) is 0. The number of rotatable bonds is 4. The van der Waals surface area contributed by atoms with E-state index < -0.39 is 11.9 Å². The van der Waals surface area contributed by atoms with E-state index in [4.69, 9.17) is 15.2 Å². The number of aromatic nitrogens is 3. The molecular formula is C18H15N3O4S. The molecular weight excluding hydrogens is 354 g/mol. The molecule has 0 radical (unpaired) electrons. The number of thiazole rings is 1. The molecule has 0 saturated carbocycles. The molecule has 7 nitrogen and oxygen atoms in total. The summed E-state index contributed by atoms with van der Waals surface area (Å²) in [7, 11) is 0. The third-order valence-corrected chi connectivity index (χ3v) is 4.69. The minimum Gasteiger partial charge on any atom is -0.478 e. The molecule has 0 spiro atoms. The second-order valence-electron chi connectivity index (χ2n) is 5.48. The van der Waals surface area contributed by atoms with E-state index >= 15 is 0 Å². The lowest BCUT2D eigenvalue weighted by Gasteiger charge is -1.97. The molecule has 0 aliphatic heterocycles. The number of aromatic amines is 1. The van der Waals surface area contributed by atoms with Gasteiger partial charge in [-0.2, -0.15) is 0 Å². The highest BCUT2D eigenvalue weighted by atomic mass is 32.1. The summed E-state index contributed by atoms with van der Waals surface area (Å²) in [5, 5.41) is 16.8. The lowest BCUT2D eigenvalue weighted by Crippen LogP contribution is -1.91. The van der Waals surface area contributed by atoms with E-state index in [-0.39, 0.29) is 0 Å². The second kappa shape index (κ2) is 7.75. The van der Waals surface area contributed by atoms with Gasteiger partial charge in [-0.3, -0.25) is 0 Å². The average molecular weight is 369 g/mol. The SMILES string of the molecule is O=C(O)C=CC(=O)O.c1ccc2c(c1)Cc1sc(Cc3cnc[nH]3)nc1-2. The van der Waals surface area contributed by atoms with Crippen molar-refractivity contribution in [2.45, 2.75) is 12.8 Å². The summed E-state index contributed by atoms with van der Waals surface area (Å²) >= 11 is 1.82. The minimum atomic E-state index is -1.26. The van der Waals surface area contributed by atoms with Crippen LogP contribution >= 0.6 is 11.3 Å². The number of carbonyl (C=O) groups is 2. The molecule has 2 heterocycles. The van der Waals surface area contributed by atoms with Crippen LogP contribution in [0.15, 0.2) is 48.9 Å². The Hall–Kier alpha value is -3.26. The van der Waals surface area contributed by atoms with Gasteiger partial charge in [0.15, 0.2) is 0 Å². The summed E-state index contributed by atoms with van der Waals surface area (Å²) < 4.78 is 0. The van der Waals surface area contributed by atoms with E-state index in [9.17, 15) is 9.59 Å². The molecule has 1 aromatic carbocycles. The van der Waals surface area contributed by atoms with Crippen molar-refractivity contribution in [1.29, 1.82) is 0 Å². The monoisotopic (exact) mass is 369 g/mol. The Labute approximate surface area is 152 Å². The van der Waals surface area contributed by atoms with Crippen LogP contribution in [0.4, 0.5) is 0 Å². The van der Waals surface area contributed by atoms with Gasteiger partial charge >= 0.3 is 11.9 Å². The normalized spacial score (nSPS) is 11.5. The molecule has 0 saturated heterocycles. The number of benzene rings is 1. The fraction of sp³-hybridized carbons (Fsp3) is 0.111. The summed E-state index contributed by atoms with van der Waals surface area (Å²) in [6, 6.07) is 8.54. The molecule has 8 heteroatoms. The number of nitrogens with one attached hydrogen (secondary N) is 1. The quantitative estimate of drug-likeness (QED) is 0.476. The van der Waals surface area contributed by atoms with Gasteiger partial charge in [0.2, 0.25) is 0 Å². The largest absolute Gasteiger partial charge is 0.478 e. The van der Waals surface area contributed by atoms with Gasteiger partial charge < -0.3 is 15.2 Å². The molecule has 1 aliphatic rings. The summed E-state index contributed by atoms with van der Waals surface area (Å²) in [5.74, 6) is -2.51. The maximum absolute atomic E-state index is 9.55. The smallest absolute Gasteiger partial charge is 0.328 e. The summed E-state index contributed by atoms with van der Waals surface area (Å²) in [5.41, 5.74) is 5.01. The first kappa shape index (κ1) is 17.6.